The number of aromatic nitrogens is 1. The number of carbonyl (C=O) groups excluding carboxylic acids is 3. The first-order chi connectivity index (χ1) is 14.9. The molecule has 1 atom stereocenters. The number of hydrogen-bond acceptors (Lipinski definition) is 5. The summed E-state index contributed by atoms with van der Waals surface area (Å²) in [6.07, 6.45) is 1.39. The van der Waals surface area contributed by atoms with E-state index in [2.05, 4.69) is 15.6 Å². The van der Waals surface area contributed by atoms with Gasteiger partial charge in [-0.1, -0.05) is 11.3 Å². The molecule has 0 radical (unpaired) electrons. The molecule has 1 fully saturated rings. The molecule has 0 bridgehead atoms. The number of hydrogen-bond donors (Lipinski definition) is 2. The van der Waals surface area contributed by atoms with Crippen LogP contribution in [0.1, 0.15) is 30.1 Å². The maximum absolute atomic E-state index is 13.1. The Hall–Kier alpha value is -3.33. The molecule has 2 heterocycles. The molecule has 2 N–H and O–H groups in total. The van der Waals surface area contributed by atoms with E-state index >= 15 is 0 Å². The fraction of sp³-hybridized carbons (Fsp3) is 0.273. The van der Waals surface area contributed by atoms with Crippen LogP contribution < -0.4 is 10.6 Å². The summed E-state index contributed by atoms with van der Waals surface area (Å²) in [6, 6.07) is 10.8. The lowest BCUT2D eigenvalue weighted by molar-refractivity contribution is -0.121. The van der Waals surface area contributed by atoms with E-state index in [-0.39, 0.29) is 23.6 Å². The highest BCUT2D eigenvalue weighted by Gasteiger charge is 2.29. The summed E-state index contributed by atoms with van der Waals surface area (Å²) >= 11 is 1.33. The van der Waals surface area contributed by atoms with Gasteiger partial charge >= 0.3 is 0 Å². The molecule has 9 heteroatoms. The first-order valence-corrected chi connectivity index (χ1v) is 10.7. The van der Waals surface area contributed by atoms with Gasteiger partial charge in [-0.25, -0.2) is 9.37 Å². The highest BCUT2D eigenvalue weighted by Crippen LogP contribution is 2.29. The van der Waals surface area contributed by atoms with Gasteiger partial charge in [-0.3, -0.25) is 14.4 Å². The zero-order valence-corrected chi connectivity index (χ0v) is 17.7. The second-order valence-corrected chi connectivity index (χ2v) is 8.50. The van der Waals surface area contributed by atoms with Crippen molar-refractivity contribution in [2.45, 2.75) is 19.8 Å². The molecular weight excluding hydrogens is 419 g/mol. The van der Waals surface area contributed by atoms with Crippen molar-refractivity contribution in [3.63, 3.8) is 0 Å². The molecule has 1 aliphatic rings. The van der Waals surface area contributed by atoms with Crippen LogP contribution in [0.25, 0.3) is 10.2 Å². The molecule has 1 saturated heterocycles. The number of fused-ring (bicyclic) bond motifs is 1. The summed E-state index contributed by atoms with van der Waals surface area (Å²) in [5.41, 5.74) is 1.80. The molecule has 3 aromatic rings. The van der Waals surface area contributed by atoms with Crippen molar-refractivity contribution < 1.29 is 18.8 Å². The van der Waals surface area contributed by atoms with Crippen molar-refractivity contribution in [3.05, 3.63) is 53.8 Å². The van der Waals surface area contributed by atoms with Crippen LogP contribution in [0.5, 0.6) is 0 Å². The monoisotopic (exact) mass is 440 g/mol. The lowest BCUT2D eigenvalue weighted by atomic mass is 9.96. The molecular formula is C22H21FN4O3S. The van der Waals surface area contributed by atoms with Crippen LogP contribution in [-0.2, 0) is 9.59 Å². The standard InChI is InChI=1S/C22H21FN4O3S/c1-13(28)24-17-8-9-18-19(11-17)31-22(25-18)26-20(29)15-3-2-10-27(12-15)21(30)14-4-6-16(23)7-5-14/h4-9,11,15H,2-3,10,12H2,1H3,(H,24,28)(H,25,26,29)/t15-/m1/s1. The Balaban J connectivity index is 1.42. The Morgan fingerprint density at radius 3 is 2.65 bits per heavy atom. The van der Waals surface area contributed by atoms with E-state index in [0.717, 1.165) is 10.2 Å². The van der Waals surface area contributed by atoms with E-state index in [1.165, 1.54) is 42.5 Å². The Morgan fingerprint density at radius 2 is 1.90 bits per heavy atom. The number of halogens is 1. The normalized spacial score (nSPS) is 16.2. The van der Waals surface area contributed by atoms with Crippen molar-refractivity contribution >= 4 is 50.1 Å². The van der Waals surface area contributed by atoms with Gasteiger partial charge in [0.05, 0.1) is 16.1 Å². The number of carbonyl (C=O) groups is 3. The van der Waals surface area contributed by atoms with Crippen LogP contribution in [0.3, 0.4) is 0 Å². The number of rotatable bonds is 4. The minimum Gasteiger partial charge on any atom is -0.338 e. The second-order valence-electron chi connectivity index (χ2n) is 7.47. The van der Waals surface area contributed by atoms with Gasteiger partial charge in [-0.2, -0.15) is 0 Å². The van der Waals surface area contributed by atoms with Crippen molar-refractivity contribution in [1.29, 1.82) is 0 Å². The summed E-state index contributed by atoms with van der Waals surface area (Å²) in [7, 11) is 0. The van der Waals surface area contributed by atoms with Crippen molar-refractivity contribution in [1.82, 2.24) is 9.88 Å². The number of benzene rings is 2. The predicted octanol–water partition coefficient (Wildman–Crippen LogP) is 3.88. The minimum atomic E-state index is -0.396. The molecule has 0 aliphatic carbocycles. The lowest BCUT2D eigenvalue weighted by Crippen LogP contribution is -2.43. The average Bonchev–Trinajstić information content (AvgIpc) is 3.15. The summed E-state index contributed by atoms with van der Waals surface area (Å²) in [4.78, 5) is 42.8. The summed E-state index contributed by atoms with van der Waals surface area (Å²) in [5.74, 6) is -1.29. The average molecular weight is 441 g/mol. The van der Waals surface area contributed by atoms with Gasteiger partial charge in [0.25, 0.3) is 5.91 Å². The van der Waals surface area contributed by atoms with Crippen LogP contribution in [-0.4, -0.2) is 40.7 Å². The molecule has 0 saturated carbocycles. The summed E-state index contributed by atoms with van der Waals surface area (Å²) in [6.45, 7) is 2.31. The van der Waals surface area contributed by atoms with Crippen LogP contribution >= 0.6 is 11.3 Å². The van der Waals surface area contributed by atoms with E-state index in [1.807, 2.05) is 6.07 Å². The van der Waals surface area contributed by atoms with E-state index in [1.54, 1.807) is 17.0 Å². The van der Waals surface area contributed by atoms with Crippen molar-refractivity contribution in [3.8, 4) is 0 Å². The maximum Gasteiger partial charge on any atom is 0.253 e. The smallest absolute Gasteiger partial charge is 0.253 e. The van der Waals surface area contributed by atoms with Gasteiger partial charge in [-0.05, 0) is 55.3 Å². The van der Waals surface area contributed by atoms with E-state index in [4.69, 9.17) is 0 Å². The fourth-order valence-corrected chi connectivity index (χ4v) is 4.53. The second kappa shape index (κ2) is 8.81. The van der Waals surface area contributed by atoms with Gasteiger partial charge in [0, 0.05) is 31.3 Å². The van der Waals surface area contributed by atoms with Crippen LogP contribution in [0, 0.1) is 11.7 Å². The number of nitrogens with one attached hydrogen (secondary N) is 2. The Bertz CT molecular complexity index is 1150. The van der Waals surface area contributed by atoms with Crippen LogP contribution in [0.4, 0.5) is 15.2 Å². The van der Waals surface area contributed by atoms with Gasteiger partial charge < -0.3 is 15.5 Å². The van der Waals surface area contributed by atoms with Gasteiger partial charge in [-0.15, -0.1) is 0 Å². The van der Waals surface area contributed by atoms with E-state index in [0.29, 0.717) is 42.3 Å². The maximum atomic E-state index is 13.1. The third-order valence-electron chi connectivity index (χ3n) is 5.11. The van der Waals surface area contributed by atoms with Crippen LogP contribution in [0.2, 0.25) is 0 Å². The number of likely N-dealkylation sites (tertiary alicyclic amines) is 1. The first kappa shape index (κ1) is 20.9. The molecule has 1 aromatic heterocycles. The summed E-state index contributed by atoms with van der Waals surface area (Å²) in [5, 5.41) is 6.06. The number of anilines is 2. The van der Waals surface area contributed by atoms with E-state index in [9.17, 15) is 18.8 Å². The number of piperidine rings is 1. The highest BCUT2D eigenvalue weighted by molar-refractivity contribution is 7.22. The highest BCUT2D eigenvalue weighted by atomic mass is 32.1. The SMILES string of the molecule is CC(=O)Nc1ccc2nc(NC(=O)[C@@H]3CCCN(C(=O)c4ccc(F)cc4)C3)sc2c1. The number of amides is 3. The predicted molar refractivity (Wildman–Crippen MR) is 118 cm³/mol. The molecule has 4 rings (SSSR count). The molecule has 1 aliphatic heterocycles. The third kappa shape index (κ3) is 4.88. The largest absolute Gasteiger partial charge is 0.338 e. The van der Waals surface area contributed by atoms with Crippen molar-refractivity contribution in [2.75, 3.05) is 23.7 Å². The number of nitrogens with zero attached hydrogens (tertiary/aromatic N) is 2. The van der Waals surface area contributed by atoms with Crippen molar-refractivity contribution in [2.24, 2.45) is 5.92 Å². The van der Waals surface area contributed by atoms with Gasteiger partial charge in [0.1, 0.15) is 5.82 Å². The Labute approximate surface area is 182 Å². The van der Waals surface area contributed by atoms with Crippen LogP contribution in [0.15, 0.2) is 42.5 Å². The van der Waals surface area contributed by atoms with Gasteiger partial charge in [0.2, 0.25) is 11.8 Å². The lowest BCUT2D eigenvalue weighted by Gasteiger charge is -2.32. The van der Waals surface area contributed by atoms with E-state index < -0.39 is 5.82 Å². The Morgan fingerprint density at radius 1 is 1.13 bits per heavy atom. The molecule has 7 nitrogen and oxygen atoms in total. The molecule has 31 heavy (non-hydrogen) atoms. The number of thiazole rings is 1. The Kier molecular flexibility index (Phi) is 5.94. The topological polar surface area (TPSA) is 91.4 Å². The minimum absolute atomic E-state index is 0.158. The molecule has 0 unspecified atom stereocenters. The molecule has 2 aromatic carbocycles. The fourth-order valence-electron chi connectivity index (χ4n) is 3.62. The molecule has 0 spiro atoms. The quantitative estimate of drug-likeness (QED) is 0.644. The molecule has 160 valence electrons. The van der Waals surface area contributed by atoms with Gasteiger partial charge in [0.15, 0.2) is 5.13 Å². The first-order valence-electron chi connectivity index (χ1n) is 9.93. The summed E-state index contributed by atoms with van der Waals surface area (Å²) < 4.78 is 14.0. The zero-order chi connectivity index (χ0) is 22.0. The zero-order valence-electron chi connectivity index (χ0n) is 16.9. The third-order valence-corrected chi connectivity index (χ3v) is 6.04. The molecule has 3 amide bonds.